The zero-order chi connectivity index (χ0) is 21.6. The van der Waals surface area contributed by atoms with Crippen molar-refractivity contribution in [3.63, 3.8) is 0 Å². The number of rotatable bonds is 10. The Morgan fingerprint density at radius 1 is 0.750 bits per heavy atom. The van der Waals surface area contributed by atoms with E-state index in [2.05, 4.69) is 119 Å². The summed E-state index contributed by atoms with van der Waals surface area (Å²) >= 11 is 0. The Balaban J connectivity index is 3.18. The monoisotopic (exact) mass is 466 g/mol. The molecule has 158 valence electrons. The Kier molecular flexibility index (Phi) is 9.33. The predicted molar refractivity (Wildman–Crippen MR) is 140 cm³/mol. The van der Waals surface area contributed by atoms with Crippen molar-refractivity contribution in [3.05, 3.63) is 53.5 Å². The summed E-state index contributed by atoms with van der Waals surface area (Å²) in [5, 5.41) is 1.24. The van der Waals surface area contributed by atoms with E-state index < -0.39 is 42.1 Å². The third-order valence-corrected chi connectivity index (χ3v) is 17.8. The Morgan fingerprint density at radius 2 is 1.25 bits per heavy atom. The van der Waals surface area contributed by atoms with Crippen LogP contribution in [0.25, 0.3) is 0 Å². The van der Waals surface area contributed by atoms with Crippen molar-refractivity contribution in [1.29, 1.82) is 0 Å². The van der Waals surface area contributed by atoms with Crippen LogP contribution in [0.3, 0.4) is 0 Å². The van der Waals surface area contributed by atoms with Gasteiger partial charge in [-0.2, -0.15) is 0 Å². The molecule has 0 N–H and O–H groups in total. The molecule has 0 amide bonds. The number of benzene rings is 1. The van der Waals surface area contributed by atoms with Crippen LogP contribution in [0.2, 0.25) is 71.5 Å². The maximum absolute atomic E-state index is 6.97. The summed E-state index contributed by atoms with van der Waals surface area (Å²) in [6.07, 6.45) is 2.37. The van der Waals surface area contributed by atoms with Gasteiger partial charge in [-0.1, -0.05) is 80.5 Å². The lowest BCUT2D eigenvalue weighted by Crippen LogP contribution is -2.61. The van der Waals surface area contributed by atoms with E-state index in [0.29, 0.717) is 0 Å². The van der Waals surface area contributed by atoms with Gasteiger partial charge in [0.1, 0.15) is 0 Å². The van der Waals surface area contributed by atoms with Gasteiger partial charge in [-0.3, -0.25) is 0 Å². The average Bonchev–Trinajstić information content (AvgIpc) is 2.51. The van der Waals surface area contributed by atoms with E-state index in [1.165, 1.54) is 11.2 Å². The van der Waals surface area contributed by atoms with Gasteiger partial charge in [0.25, 0.3) is 0 Å². The second kappa shape index (κ2) is 10.1. The molecule has 0 aliphatic carbocycles. The Labute approximate surface area is 180 Å². The van der Waals surface area contributed by atoms with E-state index in [1.54, 1.807) is 0 Å². The lowest BCUT2D eigenvalue weighted by Gasteiger charge is -2.39. The van der Waals surface area contributed by atoms with E-state index in [1.807, 2.05) is 0 Å². The summed E-state index contributed by atoms with van der Waals surface area (Å²) in [5.74, 6) is 0. The molecule has 0 radical (unpaired) electrons. The highest BCUT2D eigenvalue weighted by atomic mass is 28.5. The summed E-state index contributed by atoms with van der Waals surface area (Å²) in [6.45, 7) is 23.4. The minimum absolute atomic E-state index is 0.572. The topological polar surface area (TPSA) is 18.5 Å². The van der Waals surface area contributed by atoms with Crippen LogP contribution in [0, 0.1) is 0 Å². The maximum Gasteiger partial charge on any atom is 0.349 e. The SMILES string of the molecule is C[SiH](C)CC=C[Si](C)(C)O[Si](C)(O[Si](C)(C)C=C[Si](C)(C)C)c1ccccc1. The van der Waals surface area contributed by atoms with Gasteiger partial charge in [-0.15, -0.1) is 5.70 Å². The molecule has 0 fully saturated rings. The molecular weight excluding hydrogens is 425 g/mol. The molecule has 0 bridgehead atoms. The quantitative estimate of drug-likeness (QED) is 0.396. The van der Waals surface area contributed by atoms with Crippen molar-refractivity contribution >= 4 is 47.3 Å². The third kappa shape index (κ3) is 9.95. The van der Waals surface area contributed by atoms with Crippen molar-refractivity contribution in [2.45, 2.75) is 71.5 Å². The van der Waals surface area contributed by atoms with Gasteiger partial charge < -0.3 is 8.23 Å². The molecule has 1 aromatic rings. The Bertz CT molecular complexity index is 663. The zero-order valence-electron chi connectivity index (χ0n) is 19.8. The summed E-state index contributed by atoms with van der Waals surface area (Å²) in [6, 6.07) is 11.9. The normalized spacial score (nSPS) is 16.2. The fraction of sp³-hybridized carbons (Fsp3) is 0.524. The predicted octanol–water partition coefficient (Wildman–Crippen LogP) is 5.96. The van der Waals surface area contributed by atoms with Crippen molar-refractivity contribution < 1.29 is 8.23 Å². The van der Waals surface area contributed by atoms with E-state index in [0.717, 1.165) is 0 Å². The highest BCUT2D eigenvalue weighted by Gasteiger charge is 2.43. The first kappa shape index (κ1) is 25.7. The maximum atomic E-state index is 6.97. The lowest BCUT2D eigenvalue weighted by molar-refractivity contribution is 0.409. The average molecular weight is 467 g/mol. The first-order valence-corrected chi connectivity index (χ1v) is 25.5. The number of hydrogen-bond acceptors (Lipinski definition) is 2. The Hall–Kier alpha value is -0.296. The van der Waals surface area contributed by atoms with Crippen LogP contribution in [0.15, 0.2) is 53.5 Å². The van der Waals surface area contributed by atoms with E-state index in [9.17, 15) is 0 Å². The van der Waals surface area contributed by atoms with E-state index >= 15 is 0 Å². The molecule has 0 aliphatic heterocycles. The minimum Gasteiger partial charge on any atom is -0.430 e. The molecule has 0 aliphatic rings. The van der Waals surface area contributed by atoms with Crippen molar-refractivity contribution in [1.82, 2.24) is 0 Å². The van der Waals surface area contributed by atoms with Crippen LogP contribution in [0.4, 0.5) is 0 Å². The van der Waals surface area contributed by atoms with Crippen LogP contribution in [0.5, 0.6) is 0 Å². The fourth-order valence-corrected chi connectivity index (χ4v) is 19.1. The van der Waals surface area contributed by atoms with Gasteiger partial charge in [0.05, 0.1) is 8.07 Å². The lowest BCUT2D eigenvalue weighted by atomic mass is 10.4. The minimum atomic E-state index is -2.52. The van der Waals surface area contributed by atoms with Gasteiger partial charge in [0, 0.05) is 8.80 Å². The van der Waals surface area contributed by atoms with Crippen LogP contribution in [-0.4, -0.2) is 42.1 Å². The second-order valence-electron chi connectivity index (χ2n) is 10.5. The highest BCUT2D eigenvalue weighted by molar-refractivity contribution is 6.97. The molecule has 0 saturated carbocycles. The van der Waals surface area contributed by atoms with E-state index in [4.69, 9.17) is 8.23 Å². The molecule has 0 saturated heterocycles. The van der Waals surface area contributed by atoms with Crippen LogP contribution >= 0.6 is 0 Å². The van der Waals surface area contributed by atoms with Gasteiger partial charge >= 0.3 is 8.56 Å². The molecule has 2 nitrogen and oxygen atoms in total. The fourth-order valence-electron chi connectivity index (χ4n) is 3.03. The number of hydrogen-bond donors (Lipinski definition) is 0. The summed E-state index contributed by atoms with van der Waals surface area (Å²) < 4.78 is 13.9. The van der Waals surface area contributed by atoms with Gasteiger partial charge in [-0.05, 0) is 44.0 Å². The number of allylic oxidation sites excluding steroid dienone is 1. The molecule has 7 heteroatoms. The van der Waals surface area contributed by atoms with E-state index in [-0.39, 0.29) is 0 Å². The summed E-state index contributed by atoms with van der Waals surface area (Å²) in [5.41, 5.74) is 7.21. The molecule has 1 rings (SSSR count). The first-order chi connectivity index (χ1) is 12.6. The molecule has 0 spiro atoms. The largest absolute Gasteiger partial charge is 0.430 e. The highest BCUT2D eigenvalue weighted by Crippen LogP contribution is 2.23. The molecule has 0 aromatic heterocycles. The van der Waals surface area contributed by atoms with Crippen molar-refractivity contribution in [2.24, 2.45) is 0 Å². The first-order valence-electron chi connectivity index (χ1n) is 10.5. The molecule has 1 aromatic carbocycles. The Morgan fingerprint density at radius 3 is 1.71 bits per heavy atom. The van der Waals surface area contributed by atoms with Crippen molar-refractivity contribution in [3.8, 4) is 0 Å². The second-order valence-corrected chi connectivity index (χ2v) is 30.0. The molecule has 0 heterocycles. The zero-order valence-corrected chi connectivity index (χ0v) is 25.0. The molecule has 1 atom stereocenters. The smallest absolute Gasteiger partial charge is 0.349 e. The van der Waals surface area contributed by atoms with Gasteiger partial charge in [0.15, 0.2) is 8.32 Å². The van der Waals surface area contributed by atoms with Gasteiger partial charge in [-0.25, -0.2) is 0 Å². The molecule has 28 heavy (non-hydrogen) atoms. The summed E-state index contributed by atoms with van der Waals surface area (Å²) in [4.78, 5) is 0. The standard InChI is InChI=1S/C21H42O2Si5/c1-24(2)17-14-18-26(6,7)22-28(10,21-15-12-11-13-16-21)23-27(8,9)20-19-25(3,4)5/h11-16,18-20,24H,17H2,1-10H3. The third-order valence-electron chi connectivity index (χ3n) is 4.33. The van der Waals surface area contributed by atoms with Gasteiger partial charge in [0.2, 0.25) is 8.32 Å². The van der Waals surface area contributed by atoms with Crippen LogP contribution in [-0.2, 0) is 8.23 Å². The molecule has 1 unspecified atom stereocenters. The summed E-state index contributed by atoms with van der Waals surface area (Å²) in [7, 11) is -8.29. The van der Waals surface area contributed by atoms with Crippen molar-refractivity contribution in [2.75, 3.05) is 0 Å². The molecular formula is C21H42O2Si5. The van der Waals surface area contributed by atoms with Crippen LogP contribution in [0.1, 0.15) is 0 Å². The van der Waals surface area contributed by atoms with Crippen LogP contribution < -0.4 is 5.19 Å².